The van der Waals surface area contributed by atoms with Crippen LogP contribution in [0, 0.1) is 6.92 Å². The Morgan fingerprint density at radius 1 is 1.20 bits per heavy atom. The van der Waals surface area contributed by atoms with Crippen molar-refractivity contribution in [3.8, 4) is 11.7 Å². The lowest BCUT2D eigenvalue weighted by molar-refractivity contribution is 0.331. The summed E-state index contributed by atoms with van der Waals surface area (Å²) in [5.41, 5.74) is 6.51. The predicted octanol–water partition coefficient (Wildman–Crippen LogP) is 2.84. The normalized spacial score (nSPS) is 10.3. The topological polar surface area (TPSA) is 48.4 Å². The van der Waals surface area contributed by atoms with Crippen molar-refractivity contribution in [1.29, 1.82) is 0 Å². The first-order valence-electron chi connectivity index (χ1n) is 4.82. The smallest absolute Gasteiger partial charge is 0.290 e. The Hall–Kier alpha value is -1.74. The second kappa shape index (κ2) is 4.19. The van der Waals surface area contributed by atoms with Gasteiger partial charge in [0.05, 0.1) is 6.54 Å². The minimum absolute atomic E-state index is 0.386. The number of hydrogen-bond donors (Lipinski definition) is 1. The summed E-state index contributed by atoms with van der Waals surface area (Å²) in [6.45, 7) is 2.37. The van der Waals surface area contributed by atoms with Crippen molar-refractivity contribution in [2.24, 2.45) is 5.73 Å². The standard InChI is InChI=1S/C12H13NO2/c1-9-4-2-3-5-11(9)15-12-7-6-10(8-13)14-12/h2-7H,8,13H2,1H3. The fourth-order valence-electron chi connectivity index (χ4n) is 1.30. The van der Waals surface area contributed by atoms with Crippen molar-refractivity contribution in [3.05, 3.63) is 47.7 Å². The second-order valence-electron chi connectivity index (χ2n) is 3.29. The molecule has 3 heteroatoms. The molecular weight excluding hydrogens is 190 g/mol. The summed E-state index contributed by atoms with van der Waals surface area (Å²) in [7, 11) is 0. The van der Waals surface area contributed by atoms with E-state index < -0.39 is 0 Å². The van der Waals surface area contributed by atoms with E-state index in [2.05, 4.69) is 0 Å². The van der Waals surface area contributed by atoms with Gasteiger partial charge in [0.25, 0.3) is 5.95 Å². The quantitative estimate of drug-likeness (QED) is 0.834. The zero-order valence-corrected chi connectivity index (χ0v) is 8.57. The number of nitrogens with two attached hydrogens (primary N) is 1. The van der Waals surface area contributed by atoms with E-state index in [0.717, 1.165) is 17.1 Å². The maximum Gasteiger partial charge on any atom is 0.290 e. The molecule has 0 saturated heterocycles. The summed E-state index contributed by atoms with van der Waals surface area (Å²) in [5, 5.41) is 0. The predicted molar refractivity (Wildman–Crippen MR) is 57.9 cm³/mol. The minimum atomic E-state index is 0.386. The molecule has 0 bridgehead atoms. The molecule has 2 aromatic rings. The second-order valence-corrected chi connectivity index (χ2v) is 3.29. The molecule has 0 aliphatic carbocycles. The summed E-state index contributed by atoms with van der Waals surface area (Å²) < 4.78 is 10.9. The third-order valence-corrected chi connectivity index (χ3v) is 2.14. The molecule has 0 atom stereocenters. The van der Waals surface area contributed by atoms with Crippen molar-refractivity contribution >= 4 is 0 Å². The van der Waals surface area contributed by atoms with Crippen molar-refractivity contribution in [1.82, 2.24) is 0 Å². The van der Waals surface area contributed by atoms with Crippen LogP contribution in [-0.4, -0.2) is 0 Å². The molecule has 0 amide bonds. The molecule has 0 radical (unpaired) electrons. The highest BCUT2D eigenvalue weighted by atomic mass is 16.6. The Balaban J connectivity index is 2.18. The fourth-order valence-corrected chi connectivity index (χ4v) is 1.30. The molecular formula is C12H13NO2. The molecule has 3 nitrogen and oxygen atoms in total. The average molecular weight is 203 g/mol. The van der Waals surface area contributed by atoms with E-state index in [9.17, 15) is 0 Å². The van der Waals surface area contributed by atoms with Gasteiger partial charge in [0.2, 0.25) is 0 Å². The van der Waals surface area contributed by atoms with Crippen LogP contribution in [0.3, 0.4) is 0 Å². The lowest BCUT2D eigenvalue weighted by Gasteiger charge is -2.04. The van der Waals surface area contributed by atoms with Gasteiger partial charge in [-0.2, -0.15) is 0 Å². The van der Waals surface area contributed by atoms with Gasteiger partial charge in [-0.3, -0.25) is 0 Å². The van der Waals surface area contributed by atoms with E-state index in [-0.39, 0.29) is 0 Å². The van der Waals surface area contributed by atoms with Crippen LogP contribution in [0.4, 0.5) is 0 Å². The highest BCUT2D eigenvalue weighted by molar-refractivity contribution is 5.34. The molecule has 1 aromatic heterocycles. The van der Waals surface area contributed by atoms with Gasteiger partial charge in [0.1, 0.15) is 11.5 Å². The number of aryl methyl sites for hydroxylation is 1. The number of furan rings is 1. The van der Waals surface area contributed by atoms with Gasteiger partial charge in [-0.1, -0.05) is 18.2 Å². The SMILES string of the molecule is Cc1ccccc1Oc1ccc(CN)o1. The summed E-state index contributed by atoms with van der Waals surface area (Å²) >= 11 is 0. The summed E-state index contributed by atoms with van der Waals surface area (Å²) in [4.78, 5) is 0. The Kier molecular flexibility index (Phi) is 2.74. The van der Waals surface area contributed by atoms with Gasteiger partial charge in [0.15, 0.2) is 0 Å². The largest absolute Gasteiger partial charge is 0.429 e. The van der Waals surface area contributed by atoms with Gasteiger partial charge >= 0.3 is 0 Å². The van der Waals surface area contributed by atoms with E-state index in [1.807, 2.05) is 37.3 Å². The number of benzene rings is 1. The molecule has 0 fully saturated rings. The van der Waals surface area contributed by atoms with Gasteiger partial charge < -0.3 is 14.9 Å². The molecule has 0 aliphatic heterocycles. The first-order valence-corrected chi connectivity index (χ1v) is 4.82. The van der Waals surface area contributed by atoms with Gasteiger partial charge in [-0.15, -0.1) is 0 Å². The summed E-state index contributed by atoms with van der Waals surface area (Å²) in [5.74, 6) is 2.00. The molecule has 1 heterocycles. The van der Waals surface area contributed by atoms with Crippen LogP contribution >= 0.6 is 0 Å². The Labute approximate surface area is 88.5 Å². The van der Waals surface area contributed by atoms with E-state index in [0.29, 0.717) is 12.5 Å². The minimum Gasteiger partial charge on any atom is -0.429 e. The molecule has 0 aliphatic rings. The van der Waals surface area contributed by atoms with E-state index in [1.54, 1.807) is 6.07 Å². The molecule has 0 spiro atoms. The third-order valence-electron chi connectivity index (χ3n) is 2.14. The van der Waals surface area contributed by atoms with Crippen LogP contribution in [0.15, 0.2) is 40.8 Å². The molecule has 15 heavy (non-hydrogen) atoms. The van der Waals surface area contributed by atoms with Crippen molar-refractivity contribution < 1.29 is 9.15 Å². The van der Waals surface area contributed by atoms with Crippen LogP contribution in [0.25, 0.3) is 0 Å². The molecule has 2 rings (SSSR count). The summed E-state index contributed by atoms with van der Waals surface area (Å²) in [6, 6.07) is 11.4. The van der Waals surface area contributed by atoms with E-state index >= 15 is 0 Å². The number of rotatable bonds is 3. The lowest BCUT2D eigenvalue weighted by atomic mass is 10.2. The molecule has 0 unspecified atom stereocenters. The van der Waals surface area contributed by atoms with Crippen LogP contribution < -0.4 is 10.5 Å². The zero-order valence-electron chi connectivity index (χ0n) is 8.57. The van der Waals surface area contributed by atoms with Crippen molar-refractivity contribution in [3.63, 3.8) is 0 Å². The van der Waals surface area contributed by atoms with Crippen LogP contribution in [0.5, 0.6) is 11.7 Å². The molecule has 2 N–H and O–H groups in total. The molecule has 78 valence electrons. The lowest BCUT2D eigenvalue weighted by Crippen LogP contribution is -1.92. The zero-order chi connectivity index (χ0) is 10.7. The van der Waals surface area contributed by atoms with E-state index in [4.69, 9.17) is 14.9 Å². The molecule has 1 aromatic carbocycles. The van der Waals surface area contributed by atoms with Crippen LogP contribution in [0.2, 0.25) is 0 Å². The Morgan fingerprint density at radius 2 is 2.00 bits per heavy atom. The van der Waals surface area contributed by atoms with Crippen molar-refractivity contribution in [2.45, 2.75) is 13.5 Å². The highest BCUT2D eigenvalue weighted by Crippen LogP contribution is 2.25. The van der Waals surface area contributed by atoms with E-state index in [1.165, 1.54) is 0 Å². The van der Waals surface area contributed by atoms with Crippen LogP contribution in [-0.2, 0) is 6.54 Å². The fraction of sp³-hybridized carbons (Fsp3) is 0.167. The van der Waals surface area contributed by atoms with Crippen molar-refractivity contribution in [2.75, 3.05) is 0 Å². The number of para-hydroxylation sites is 1. The highest BCUT2D eigenvalue weighted by Gasteiger charge is 2.04. The number of ether oxygens (including phenoxy) is 1. The molecule has 0 saturated carbocycles. The monoisotopic (exact) mass is 203 g/mol. The Morgan fingerprint density at radius 3 is 2.67 bits per heavy atom. The Bertz CT molecular complexity index is 448. The first kappa shape index (κ1) is 9.80. The van der Waals surface area contributed by atoms with Gasteiger partial charge in [-0.05, 0) is 24.6 Å². The van der Waals surface area contributed by atoms with Crippen LogP contribution in [0.1, 0.15) is 11.3 Å². The van der Waals surface area contributed by atoms with Gasteiger partial charge in [-0.25, -0.2) is 0 Å². The summed E-state index contributed by atoms with van der Waals surface area (Å²) in [6.07, 6.45) is 0. The number of hydrogen-bond acceptors (Lipinski definition) is 3. The van der Waals surface area contributed by atoms with Gasteiger partial charge in [0, 0.05) is 6.07 Å². The third kappa shape index (κ3) is 2.19. The maximum absolute atomic E-state index is 5.57. The average Bonchev–Trinajstić information content (AvgIpc) is 2.69. The first-order chi connectivity index (χ1) is 7.29. The maximum atomic E-state index is 5.57.